The summed E-state index contributed by atoms with van der Waals surface area (Å²) in [6, 6.07) is 20.5. The number of sulfone groups is 1. The first kappa shape index (κ1) is 24.9. The number of aliphatic hydroxyl groups excluding tert-OH is 1. The predicted octanol–water partition coefficient (Wildman–Crippen LogP) is 2.86. The van der Waals surface area contributed by atoms with Crippen molar-refractivity contribution < 1.29 is 28.0 Å². The maximum Gasteiger partial charge on any atom is 0.311 e. The molecule has 10 heteroatoms. The zero-order valence-electron chi connectivity index (χ0n) is 18.2. The van der Waals surface area contributed by atoms with Crippen molar-refractivity contribution in [3.8, 4) is 16.9 Å². The highest BCUT2D eigenvalue weighted by Crippen LogP contribution is 2.33. The zero-order valence-corrected chi connectivity index (χ0v) is 19.0. The number of amides is 1. The molecule has 0 saturated heterocycles. The Bertz CT molecular complexity index is 1240. The fourth-order valence-corrected chi connectivity index (χ4v) is 4.55. The monoisotopic (exact) mass is 484 g/mol. The molecule has 0 unspecified atom stereocenters. The van der Waals surface area contributed by atoms with Crippen molar-refractivity contribution in [2.24, 2.45) is 0 Å². The molecule has 0 aliphatic carbocycles. The smallest absolute Gasteiger partial charge is 0.311 e. The van der Waals surface area contributed by atoms with Crippen molar-refractivity contribution in [1.82, 2.24) is 5.32 Å². The van der Waals surface area contributed by atoms with E-state index in [-0.39, 0.29) is 36.9 Å². The van der Waals surface area contributed by atoms with E-state index in [0.717, 1.165) is 5.56 Å². The van der Waals surface area contributed by atoms with Crippen molar-refractivity contribution in [3.05, 3.63) is 94.0 Å². The van der Waals surface area contributed by atoms with Crippen LogP contribution in [0.25, 0.3) is 11.1 Å². The predicted molar refractivity (Wildman–Crippen MR) is 127 cm³/mol. The molecule has 2 N–H and O–H groups in total. The summed E-state index contributed by atoms with van der Waals surface area (Å²) < 4.78 is 30.1. The van der Waals surface area contributed by atoms with Crippen LogP contribution in [0.1, 0.15) is 11.1 Å². The lowest BCUT2D eigenvalue weighted by Crippen LogP contribution is -2.32. The largest absolute Gasteiger partial charge is 0.482 e. The van der Waals surface area contributed by atoms with Crippen LogP contribution in [0.2, 0.25) is 0 Å². The third kappa shape index (κ3) is 7.12. The van der Waals surface area contributed by atoms with E-state index < -0.39 is 26.4 Å². The molecule has 0 spiro atoms. The summed E-state index contributed by atoms with van der Waals surface area (Å²) in [5, 5.41) is 22.6. The SMILES string of the molecule is O=C(CS(=O)(=O)Cc1ccc(-c2ccc(OCc3ccccc3)c([N+](=O)[O-])c2)cc1)NCCO. The van der Waals surface area contributed by atoms with Gasteiger partial charge < -0.3 is 15.2 Å². The van der Waals surface area contributed by atoms with Gasteiger partial charge in [-0.1, -0.05) is 60.7 Å². The Morgan fingerprint density at radius 1 is 0.971 bits per heavy atom. The Morgan fingerprint density at radius 2 is 1.65 bits per heavy atom. The lowest BCUT2D eigenvalue weighted by molar-refractivity contribution is -0.385. The first-order chi connectivity index (χ1) is 16.3. The Hall–Kier alpha value is -3.76. The second kappa shape index (κ2) is 11.4. The number of aliphatic hydroxyl groups is 1. The van der Waals surface area contributed by atoms with Crippen molar-refractivity contribution in [2.75, 3.05) is 18.9 Å². The van der Waals surface area contributed by atoms with Gasteiger partial charge in [0.2, 0.25) is 5.91 Å². The number of hydrogen-bond donors (Lipinski definition) is 2. The molecular weight excluding hydrogens is 460 g/mol. The summed E-state index contributed by atoms with van der Waals surface area (Å²) in [5.74, 6) is -1.52. The molecule has 0 heterocycles. The lowest BCUT2D eigenvalue weighted by Gasteiger charge is -2.10. The van der Waals surface area contributed by atoms with Crippen LogP contribution in [0.5, 0.6) is 5.75 Å². The Balaban J connectivity index is 1.71. The molecule has 0 aliphatic rings. The number of nitro benzene ring substituents is 1. The lowest BCUT2D eigenvalue weighted by atomic mass is 10.0. The van der Waals surface area contributed by atoms with E-state index >= 15 is 0 Å². The quantitative estimate of drug-likeness (QED) is 0.315. The van der Waals surface area contributed by atoms with Gasteiger partial charge in [0.15, 0.2) is 15.6 Å². The maximum absolute atomic E-state index is 12.2. The van der Waals surface area contributed by atoms with E-state index in [1.165, 1.54) is 6.07 Å². The molecule has 0 bridgehead atoms. The van der Waals surface area contributed by atoms with Gasteiger partial charge in [-0.3, -0.25) is 14.9 Å². The minimum atomic E-state index is -3.69. The summed E-state index contributed by atoms with van der Waals surface area (Å²) >= 11 is 0. The molecule has 0 atom stereocenters. The molecule has 9 nitrogen and oxygen atoms in total. The first-order valence-corrected chi connectivity index (χ1v) is 12.2. The molecular formula is C24H24N2O7S. The second-order valence-electron chi connectivity index (χ2n) is 7.52. The van der Waals surface area contributed by atoms with Gasteiger partial charge in [-0.15, -0.1) is 0 Å². The minimum absolute atomic E-state index is 0.00866. The number of nitro groups is 1. The number of ether oxygens (including phenoxy) is 1. The van der Waals surface area contributed by atoms with Crippen molar-refractivity contribution in [1.29, 1.82) is 0 Å². The van der Waals surface area contributed by atoms with E-state index in [0.29, 0.717) is 16.7 Å². The van der Waals surface area contributed by atoms with Gasteiger partial charge in [0, 0.05) is 12.6 Å². The summed E-state index contributed by atoms with van der Waals surface area (Å²) in [7, 11) is -3.69. The van der Waals surface area contributed by atoms with Crippen molar-refractivity contribution >= 4 is 21.4 Å². The van der Waals surface area contributed by atoms with E-state index in [1.54, 1.807) is 36.4 Å². The Morgan fingerprint density at radius 3 is 2.29 bits per heavy atom. The fourth-order valence-electron chi connectivity index (χ4n) is 3.24. The average molecular weight is 485 g/mol. The number of carbonyl (C=O) groups is 1. The van der Waals surface area contributed by atoms with Crippen LogP contribution in [-0.4, -0.2) is 43.3 Å². The maximum atomic E-state index is 12.2. The zero-order chi connectivity index (χ0) is 24.6. The Kier molecular flexibility index (Phi) is 8.34. The molecule has 1 amide bonds. The minimum Gasteiger partial charge on any atom is -0.482 e. The summed E-state index contributed by atoms with van der Waals surface area (Å²) in [6.45, 7) is -0.0843. The molecule has 34 heavy (non-hydrogen) atoms. The number of carbonyl (C=O) groups excluding carboxylic acids is 1. The molecule has 3 rings (SSSR count). The number of hydrogen-bond acceptors (Lipinski definition) is 7. The number of nitrogens with one attached hydrogen (secondary N) is 1. The van der Waals surface area contributed by atoms with Crippen LogP contribution < -0.4 is 10.1 Å². The van der Waals surface area contributed by atoms with Crippen LogP contribution in [0.15, 0.2) is 72.8 Å². The molecule has 0 aliphatic heterocycles. The molecule has 178 valence electrons. The molecule has 0 radical (unpaired) electrons. The normalized spacial score (nSPS) is 11.1. The first-order valence-electron chi connectivity index (χ1n) is 10.4. The van der Waals surface area contributed by atoms with E-state index in [1.807, 2.05) is 30.3 Å². The van der Waals surface area contributed by atoms with E-state index in [2.05, 4.69) is 5.32 Å². The molecule has 3 aromatic rings. The molecule has 3 aromatic carbocycles. The average Bonchev–Trinajstić information content (AvgIpc) is 2.82. The third-order valence-electron chi connectivity index (χ3n) is 4.85. The van der Waals surface area contributed by atoms with Crippen LogP contribution in [0.4, 0.5) is 5.69 Å². The summed E-state index contributed by atoms with van der Waals surface area (Å²) in [4.78, 5) is 22.7. The van der Waals surface area contributed by atoms with Crippen molar-refractivity contribution in [3.63, 3.8) is 0 Å². The highest BCUT2D eigenvalue weighted by molar-refractivity contribution is 7.91. The number of nitrogens with zero attached hydrogens (tertiary/aromatic N) is 1. The van der Waals surface area contributed by atoms with Gasteiger partial charge in [0.1, 0.15) is 12.4 Å². The van der Waals surface area contributed by atoms with Crippen LogP contribution in [0.3, 0.4) is 0 Å². The summed E-state index contributed by atoms with van der Waals surface area (Å²) in [6.07, 6.45) is 0. The highest BCUT2D eigenvalue weighted by atomic mass is 32.2. The van der Waals surface area contributed by atoms with Gasteiger partial charge in [-0.25, -0.2) is 8.42 Å². The number of rotatable bonds is 11. The number of benzene rings is 3. The second-order valence-corrected chi connectivity index (χ2v) is 9.58. The van der Waals surface area contributed by atoms with Gasteiger partial charge in [0.05, 0.1) is 17.3 Å². The van der Waals surface area contributed by atoms with Crippen LogP contribution in [0, 0.1) is 10.1 Å². The standard InChI is InChI=1S/C24H24N2O7S/c27-13-12-25-24(28)17-34(31,32)16-19-6-8-20(9-7-19)21-10-11-23(22(14-21)26(29)30)33-15-18-4-2-1-3-5-18/h1-11,14,27H,12-13,15-17H2,(H,25,28). The summed E-state index contributed by atoms with van der Waals surface area (Å²) in [5.41, 5.74) is 2.44. The van der Waals surface area contributed by atoms with Gasteiger partial charge >= 0.3 is 5.69 Å². The topological polar surface area (TPSA) is 136 Å². The van der Waals surface area contributed by atoms with Crippen LogP contribution >= 0.6 is 0 Å². The molecule has 0 fully saturated rings. The molecule has 0 aromatic heterocycles. The fraction of sp³-hybridized carbons (Fsp3) is 0.208. The molecule has 0 saturated carbocycles. The third-order valence-corrected chi connectivity index (χ3v) is 6.33. The van der Waals surface area contributed by atoms with E-state index in [9.17, 15) is 23.3 Å². The van der Waals surface area contributed by atoms with Gasteiger partial charge in [-0.05, 0) is 28.3 Å². The van der Waals surface area contributed by atoms with E-state index in [4.69, 9.17) is 9.84 Å². The van der Waals surface area contributed by atoms with Crippen LogP contribution in [-0.2, 0) is 27.0 Å². The van der Waals surface area contributed by atoms with Crippen molar-refractivity contribution in [2.45, 2.75) is 12.4 Å². The highest BCUT2D eigenvalue weighted by Gasteiger charge is 2.19. The van der Waals surface area contributed by atoms with Gasteiger partial charge in [-0.2, -0.15) is 0 Å². The Labute approximate surface area is 197 Å². The van der Waals surface area contributed by atoms with Gasteiger partial charge in [0.25, 0.3) is 0 Å².